The van der Waals surface area contributed by atoms with Crippen LogP contribution < -0.4 is 22.1 Å². The number of hydrogen-bond donors (Lipinski definition) is 4. The van der Waals surface area contributed by atoms with Crippen molar-refractivity contribution >= 4 is 11.9 Å². The van der Waals surface area contributed by atoms with Crippen molar-refractivity contribution < 1.29 is 9.83 Å². The van der Waals surface area contributed by atoms with Crippen molar-refractivity contribution in [2.75, 3.05) is 6.54 Å². The van der Waals surface area contributed by atoms with Crippen molar-refractivity contribution in [3.8, 4) is 0 Å². The number of carbonyl (C=O) groups excluding carboxylic acids is 1. The van der Waals surface area contributed by atoms with E-state index in [4.69, 9.17) is 11.5 Å². The molecular weight excluding hydrogens is 360 g/mol. The Bertz CT molecular complexity index is 758. The van der Waals surface area contributed by atoms with Crippen LogP contribution >= 0.6 is 0 Å². The van der Waals surface area contributed by atoms with Gasteiger partial charge < -0.3 is 16.8 Å². The fourth-order valence-corrected chi connectivity index (χ4v) is 2.83. The number of benzene rings is 2. The SMILES string of the molecule is NC(=O)[C@@H](CCCNC(N)=N[N+](=O)[O-])NC(c1ccccc1)c1ccccc1. The van der Waals surface area contributed by atoms with Crippen LogP contribution in [0.25, 0.3) is 0 Å². The molecule has 1 atom stereocenters. The first-order valence-corrected chi connectivity index (χ1v) is 8.85. The zero-order chi connectivity index (χ0) is 20.4. The predicted molar refractivity (Wildman–Crippen MR) is 107 cm³/mol. The molecule has 9 heteroatoms. The molecule has 2 rings (SSSR count). The molecule has 2 aromatic carbocycles. The second-order valence-corrected chi connectivity index (χ2v) is 6.17. The number of nitrogens with two attached hydrogens (primary N) is 2. The Balaban J connectivity index is 2.05. The lowest BCUT2D eigenvalue weighted by atomic mass is 9.97. The number of hydrazone groups is 1. The largest absolute Gasteiger partial charge is 0.368 e. The molecule has 0 saturated carbocycles. The molecule has 9 nitrogen and oxygen atoms in total. The Kier molecular flexibility index (Phi) is 7.92. The molecule has 0 aliphatic heterocycles. The highest BCUT2D eigenvalue weighted by Crippen LogP contribution is 2.23. The topological polar surface area (TPSA) is 149 Å². The van der Waals surface area contributed by atoms with Crippen LogP contribution in [0.15, 0.2) is 65.8 Å². The van der Waals surface area contributed by atoms with Gasteiger partial charge in [-0.25, -0.2) is 10.1 Å². The molecule has 28 heavy (non-hydrogen) atoms. The van der Waals surface area contributed by atoms with Crippen LogP contribution in [0.4, 0.5) is 0 Å². The molecule has 0 fully saturated rings. The van der Waals surface area contributed by atoms with Crippen molar-refractivity contribution in [2.45, 2.75) is 24.9 Å². The highest BCUT2D eigenvalue weighted by Gasteiger charge is 2.22. The maximum atomic E-state index is 12.0. The molecule has 0 unspecified atom stereocenters. The molecule has 0 aliphatic rings. The van der Waals surface area contributed by atoms with Gasteiger partial charge in [-0.15, -0.1) is 0 Å². The number of carbonyl (C=O) groups is 1. The summed E-state index contributed by atoms with van der Waals surface area (Å²) in [5, 5.41) is 18.3. The standard InChI is InChI=1S/C19H24N6O3/c20-18(26)16(12-7-13-22-19(21)24-25(27)28)23-17(14-8-3-1-4-9-14)15-10-5-2-6-11-15/h1-6,8-11,16-17,23H,7,12-13H2,(H2,20,26)(H3,21,22,24)/t16-/m1/s1. The van der Waals surface area contributed by atoms with Gasteiger partial charge in [0.2, 0.25) is 5.91 Å². The lowest BCUT2D eigenvalue weighted by Crippen LogP contribution is -2.44. The van der Waals surface area contributed by atoms with E-state index < -0.39 is 17.0 Å². The van der Waals surface area contributed by atoms with Gasteiger partial charge in [-0.2, -0.15) is 0 Å². The summed E-state index contributed by atoms with van der Waals surface area (Å²) < 4.78 is 0. The molecule has 1 amide bonds. The van der Waals surface area contributed by atoms with E-state index in [1.165, 1.54) is 0 Å². The van der Waals surface area contributed by atoms with E-state index in [0.717, 1.165) is 11.1 Å². The van der Waals surface area contributed by atoms with Gasteiger partial charge in [0, 0.05) is 6.54 Å². The number of nitro groups is 1. The molecule has 0 spiro atoms. The number of primary amides is 1. The van der Waals surface area contributed by atoms with Gasteiger partial charge in [-0.3, -0.25) is 10.1 Å². The molecule has 2 aromatic rings. The van der Waals surface area contributed by atoms with E-state index in [-0.39, 0.29) is 12.0 Å². The first-order chi connectivity index (χ1) is 13.5. The van der Waals surface area contributed by atoms with Crippen LogP contribution in [0.1, 0.15) is 30.0 Å². The van der Waals surface area contributed by atoms with Crippen LogP contribution in [0.2, 0.25) is 0 Å². The van der Waals surface area contributed by atoms with Crippen LogP contribution in [0.3, 0.4) is 0 Å². The average molecular weight is 384 g/mol. The molecule has 0 aliphatic carbocycles. The third-order valence-electron chi connectivity index (χ3n) is 4.14. The Labute approximate surface area is 163 Å². The van der Waals surface area contributed by atoms with E-state index in [1.54, 1.807) is 0 Å². The summed E-state index contributed by atoms with van der Waals surface area (Å²) in [6.07, 6.45) is 0.953. The smallest absolute Gasteiger partial charge is 0.266 e. The fraction of sp³-hybridized carbons (Fsp3) is 0.263. The summed E-state index contributed by atoms with van der Waals surface area (Å²) in [5.41, 5.74) is 13.0. The molecule has 6 N–H and O–H groups in total. The third kappa shape index (κ3) is 6.69. The number of hydrogen-bond acceptors (Lipinski definition) is 4. The number of nitrogens with one attached hydrogen (secondary N) is 2. The van der Waals surface area contributed by atoms with Crippen LogP contribution in [0, 0.1) is 10.1 Å². The van der Waals surface area contributed by atoms with Gasteiger partial charge in [0.15, 0.2) is 5.03 Å². The zero-order valence-corrected chi connectivity index (χ0v) is 15.3. The molecule has 0 heterocycles. The van der Waals surface area contributed by atoms with Crippen LogP contribution in [0.5, 0.6) is 0 Å². The second kappa shape index (κ2) is 10.6. The normalized spacial score (nSPS) is 12.5. The number of amides is 1. The Morgan fingerprint density at radius 2 is 1.57 bits per heavy atom. The molecule has 0 saturated heterocycles. The minimum absolute atomic E-state index is 0.200. The highest BCUT2D eigenvalue weighted by atomic mass is 16.7. The Hall–Kier alpha value is -3.46. The van der Waals surface area contributed by atoms with E-state index in [0.29, 0.717) is 19.4 Å². The van der Waals surface area contributed by atoms with Crippen molar-refractivity contribution in [3.05, 3.63) is 81.9 Å². The molecule has 0 bridgehead atoms. The maximum absolute atomic E-state index is 12.0. The van der Waals surface area contributed by atoms with Crippen molar-refractivity contribution in [1.29, 1.82) is 0 Å². The lowest BCUT2D eigenvalue weighted by Gasteiger charge is -2.25. The number of guanidine groups is 1. The van der Waals surface area contributed by atoms with Crippen molar-refractivity contribution in [1.82, 2.24) is 10.6 Å². The van der Waals surface area contributed by atoms with E-state index in [2.05, 4.69) is 15.7 Å². The highest BCUT2D eigenvalue weighted by molar-refractivity contribution is 5.80. The maximum Gasteiger partial charge on any atom is 0.266 e. The van der Waals surface area contributed by atoms with Gasteiger partial charge >= 0.3 is 0 Å². The lowest BCUT2D eigenvalue weighted by molar-refractivity contribution is -0.485. The zero-order valence-electron chi connectivity index (χ0n) is 15.3. The third-order valence-corrected chi connectivity index (χ3v) is 4.14. The molecule has 0 aromatic heterocycles. The second-order valence-electron chi connectivity index (χ2n) is 6.17. The number of nitrogens with zero attached hydrogens (tertiary/aromatic N) is 2. The first-order valence-electron chi connectivity index (χ1n) is 8.85. The van der Waals surface area contributed by atoms with Crippen molar-refractivity contribution in [2.24, 2.45) is 16.6 Å². The minimum atomic E-state index is -0.875. The summed E-state index contributed by atoms with van der Waals surface area (Å²) in [7, 11) is 0. The number of rotatable bonds is 10. The van der Waals surface area contributed by atoms with E-state index in [1.807, 2.05) is 60.7 Å². The summed E-state index contributed by atoms with van der Waals surface area (Å²) in [6, 6.07) is 18.8. The van der Waals surface area contributed by atoms with Gasteiger partial charge in [0.25, 0.3) is 5.96 Å². The van der Waals surface area contributed by atoms with E-state index >= 15 is 0 Å². The van der Waals surface area contributed by atoms with E-state index in [9.17, 15) is 14.9 Å². The van der Waals surface area contributed by atoms with Gasteiger partial charge in [0.1, 0.15) is 5.10 Å². The predicted octanol–water partition coefficient (Wildman–Crippen LogP) is 1.10. The molecular formula is C19H24N6O3. The average Bonchev–Trinajstić information content (AvgIpc) is 2.68. The summed E-state index contributed by atoms with van der Waals surface area (Å²) >= 11 is 0. The van der Waals surface area contributed by atoms with Crippen LogP contribution in [-0.2, 0) is 4.79 Å². The first kappa shape index (κ1) is 20.8. The molecule has 0 radical (unpaired) electrons. The van der Waals surface area contributed by atoms with Crippen molar-refractivity contribution in [3.63, 3.8) is 0 Å². The van der Waals surface area contributed by atoms with Crippen LogP contribution in [-0.4, -0.2) is 29.5 Å². The fourth-order valence-electron chi connectivity index (χ4n) is 2.83. The summed E-state index contributed by atoms with van der Waals surface area (Å²) in [6.45, 7) is 0.329. The minimum Gasteiger partial charge on any atom is -0.368 e. The summed E-state index contributed by atoms with van der Waals surface area (Å²) in [4.78, 5) is 22.2. The van der Waals surface area contributed by atoms with Gasteiger partial charge in [0.05, 0.1) is 12.1 Å². The van der Waals surface area contributed by atoms with Gasteiger partial charge in [-0.1, -0.05) is 60.7 Å². The van der Waals surface area contributed by atoms with Gasteiger partial charge in [-0.05, 0) is 24.0 Å². The Morgan fingerprint density at radius 1 is 1.04 bits per heavy atom. The quantitative estimate of drug-likeness (QED) is 0.158. The monoisotopic (exact) mass is 384 g/mol. The summed E-state index contributed by atoms with van der Waals surface area (Å²) in [5.74, 6) is -0.746. The Morgan fingerprint density at radius 3 is 2.04 bits per heavy atom. The molecule has 148 valence electrons.